The quantitative estimate of drug-likeness (QED) is 0.423. The van der Waals surface area contributed by atoms with Crippen molar-refractivity contribution in [2.75, 3.05) is 28.6 Å². The van der Waals surface area contributed by atoms with E-state index in [0.29, 0.717) is 42.5 Å². The summed E-state index contributed by atoms with van der Waals surface area (Å²) in [5, 5.41) is 5.14. The molecule has 3 aromatic carbocycles. The first-order valence-corrected chi connectivity index (χ1v) is 11.8. The largest absolute Gasteiger partial charge is 0.490 e. The highest BCUT2D eigenvalue weighted by Gasteiger charge is 2.19. The summed E-state index contributed by atoms with van der Waals surface area (Å²) in [5.41, 5.74) is 6.51. The lowest BCUT2D eigenvalue weighted by atomic mass is 10.2. The molecule has 0 bridgehead atoms. The van der Waals surface area contributed by atoms with E-state index in [9.17, 15) is 18.0 Å². The predicted octanol–water partition coefficient (Wildman–Crippen LogP) is 3.39. The second kappa shape index (κ2) is 9.71. The first kappa shape index (κ1) is 22.9. The minimum atomic E-state index is -3.94. The summed E-state index contributed by atoms with van der Waals surface area (Å²) in [5.74, 6) is 0.423. The third kappa shape index (κ3) is 5.56. The van der Waals surface area contributed by atoms with Gasteiger partial charge in [0.1, 0.15) is 0 Å². The number of anilines is 3. The summed E-state index contributed by atoms with van der Waals surface area (Å²) in [6.45, 7) is 0.937. The maximum Gasteiger partial charge on any atom is 0.316 e. The molecule has 3 amide bonds. The third-order valence-corrected chi connectivity index (χ3v) is 6.20. The lowest BCUT2D eigenvalue weighted by molar-refractivity contribution is 0.102. The molecule has 0 aliphatic carbocycles. The minimum absolute atomic E-state index is 0.0104. The molecule has 0 radical (unpaired) electrons. The van der Waals surface area contributed by atoms with E-state index in [4.69, 9.17) is 15.2 Å². The second-order valence-corrected chi connectivity index (χ2v) is 9.05. The van der Waals surface area contributed by atoms with E-state index in [-0.39, 0.29) is 16.1 Å². The second-order valence-electron chi connectivity index (χ2n) is 7.37. The molecule has 0 unspecified atom stereocenters. The molecule has 1 aliphatic rings. The Labute approximate surface area is 196 Å². The van der Waals surface area contributed by atoms with Crippen LogP contribution in [0.2, 0.25) is 0 Å². The summed E-state index contributed by atoms with van der Waals surface area (Å²) in [7, 11) is -3.94. The Morgan fingerprint density at radius 2 is 1.47 bits per heavy atom. The highest BCUT2D eigenvalue weighted by atomic mass is 32.2. The fourth-order valence-electron chi connectivity index (χ4n) is 3.23. The molecule has 1 aliphatic heterocycles. The molecule has 4 rings (SSSR count). The number of rotatable bonds is 6. The summed E-state index contributed by atoms with van der Waals surface area (Å²) < 4.78 is 39.4. The highest BCUT2D eigenvalue weighted by Crippen LogP contribution is 2.32. The van der Waals surface area contributed by atoms with E-state index in [1.54, 1.807) is 48.5 Å². The number of carbonyl (C=O) groups is 2. The van der Waals surface area contributed by atoms with Crippen molar-refractivity contribution in [3.05, 3.63) is 72.3 Å². The van der Waals surface area contributed by atoms with Gasteiger partial charge in [-0.2, -0.15) is 0 Å². The third-order valence-electron chi connectivity index (χ3n) is 4.82. The smallest absolute Gasteiger partial charge is 0.316 e. The molecule has 0 spiro atoms. The number of hydrogen-bond donors (Lipinski definition) is 4. The van der Waals surface area contributed by atoms with E-state index in [1.807, 2.05) is 0 Å². The van der Waals surface area contributed by atoms with Gasteiger partial charge < -0.3 is 25.8 Å². The van der Waals surface area contributed by atoms with Crippen LogP contribution in [0, 0.1) is 0 Å². The number of ether oxygens (including phenoxy) is 2. The summed E-state index contributed by atoms with van der Waals surface area (Å²) in [6.07, 6.45) is 0.707. The van der Waals surface area contributed by atoms with Crippen LogP contribution in [-0.4, -0.2) is 33.6 Å². The number of amides is 3. The van der Waals surface area contributed by atoms with E-state index < -0.39 is 22.0 Å². The van der Waals surface area contributed by atoms with Gasteiger partial charge >= 0.3 is 6.03 Å². The number of nitrogens with two attached hydrogens (primary N) is 1. The van der Waals surface area contributed by atoms with Crippen molar-refractivity contribution >= 4 is 39.0 Å². The van der Waals surface area contributed by atoms with Crippen molar-refractivity contribution in [2.45, 2.75) is 11.3 Å². The molecule has 0 saturated heterocycles. The molecule has 0 aromatic heterocycles. The molecule has 0 fully saturated rings. The Morgan fingerprint density at radius 3 is 2.18 bits per heavy atom. The lowest BCUT2D eigenvalue weighted by Gasteiger charge is -2.12. The van der Waals surface area contributed by atoms with Crippen LogP contribution in [0.4, 0.5) is 21.9 Å². The number of urea groups is 1. The molecule has 5 N–H and O–H groups in total. The van der Waals surface area contributed by atoms with Crippen molar-refractivity contribution in [1.82, 2.24) is 0 Å². The van der Waals surface area contributed by atoms with Crippen LogP contribution < -0.4 is 30.6 Å². The molecule has 11 heteroatoms. The zero-order valence-corrected chi connectivity index (χ0v) is 18.7. The summed E-state index contributed by atoms with van der Waals surface area (Å²) in [4.78, 5) is 23.6. The fraction of sp³-hybridized carbons (Fsp3) is 0.130. The van der Waals surface area contributed by atoms with Crippen LogP contribution >= 0.6 is 0 Å². The molecule has 10 nitrogen and oxygen atoms in total. The standard InChI is InChI=1S/C23H22N4O6S/c24-23(29)26-17-7-5-16(6-8-17)25-22(28)15-3-1-4-18(13-15)27-34(30,31)19-9-10-20-21(14-19)33-12-2-11-32-20/h1,3-10,13-14,27H,2,11-12H2,(H,25,28)(H3,24,26,29). The van der Waals surface area contributed by atoms with Crippen molar-refractivity contribution in [3.8, 4) is 11.5 Å². The minimum Gasteiger partial charge on any atom is -0.490 e. The fourth-order valence-corrected chi connectivity index (χ4v) is 4.30. The predicted molar refractivity (Wildman–Crippen MR) is 127 cm³/mol. The number of hydrogen-bond acceptors (Lipinski definition) is 6. The highest BCUT2D eigenvalue weighted by molar-refractivity contribution is 7.92. The number of sulfonamides is 1. The van der Waals surface area contributed by atoms with Crippen LogP contribution in [0.25, 0.3) is 0 Å². The Morgan fingerprint density at radius 1 is 0.794 bits per heavy atom. The van der Waals surface area contributed by atoms with Gasteiger partial charge in [-0.25, -0.2) is 13.2 Å². The maximum absolute atomic E-state index is 12.9. The molecule has 34 heavy (non-hydrogen) atoms. The van der Waals surface area contributed by atoms with E-state index in [0.717, 1.165) is 0 Å². The molecule has 0 atom stereocenters. The Hall–Kier alpha value is -4.25. The number of benzene rings is 3. The number of carbonyl (C=O) groups excluding carboxylic acids is 2. The van der Waals surface area contributed by atoms with Crippen LogP contribution in [0.5, 0.6) is 11.5 Å². The normalized spacial score (nSPS) is 12.8. The van der Waals surface area contributed by atoms with Gasteiger partial charge in [-0.1, -0.05) is 6.07 Å². The zero-order valence-electron chi connectivity index (χ0n) is 17.9. The van der Waals surface area contributed by atoms with Crippen molar-refractivity contribution in [1.29, 1.82) is 0 Å². The topological polar surface area (TPSA) is 149 Å². The van der Waals surface area contributed by atoms with Gasteiger partial charge in [-0.05, 0) is 54.6 Å². The van der Waals surface area contributed by atoms with Gasteiger partial charge in [0.05, 0.1) is 18.1 Å². The Kier molecular flexibility index (Phi) is 6.55. The molecule has 3 aromatic rings. The van der Waals surface area contributed by atoms with E-state index >= 15 is 0 Å². The maximum atomic E-state index is 12.9. The van der Waals surface area contributed by atoms with Crippen molar-refractivity contribution < 1.29 is 27.5 Å². The van der Waals surface area contributed by atoms with Gasteiger partial charge in [0.25, 0.3) is 15.9 Å². The van der Waals surface area contributed by atoms with Crippen LogP contribution in [0.15, 0.2) is 71.6 Å². The Balaban J connectivity index is 1.47. The molecular formula is C23H22N4O6S. The van der Waals surface area contributed by atoms with Crippen molar-refractivity contribution in [2.24, 2.45) is 5.73 Å². The molecule has 1 heterocycles. The average molecular weight is 483 g/mol. The average Bonchev–Trinajstić information content (AvgIpc) is 3.05. The zero-order chi connectivity index (χ0) is 24.1. The van der Waals surface area contributed by atoms with E-state index in [1.165, 1.54) is 18.2 Å². The monoisotopic (exact) mass is 482 g/mol. The number of nitrogens with one attached hydrogen (secondary N) is 3. The first-order valence-electron chi connectivity index (χ1n) is 10.3. The van der Waals surface area contributed by atoms with Crippen LogP contribution in [0.1, 0.15) is 16.8 Å². The molecular weight excluding hydrogens is 460 g/mol. The van der Waals surface area contributed by atoms with Gasteiger partial charge in [0.15, 0.2) is 11.5 Å². The van der Waals surface area contributed by atoms with Crippen LogP contribution in [0.3, 0.4) is 0 Å². The SMILES string of the molecule is NC(=O)Nc1ccc(NC(=O)c2cccc(NS(=O)(=O)c3ccc4c(c3)OCCCO4)c2)cc1. The number of primary amides is 1. The van der Waals surface area contributed by atoms with Crippen molar-refractivity contribution in [3.63, 3.8) is 0 Å². The first-order chi connectivity index (χ1) is 16.3. The van der Waals surface area contributed by atoms with E-state index in [2.05, 4.69) is 15.4 Å². The number of fused-ring (bicyclic) bond motifs is 1. The van der Waals surface area contributed by atoms with Gasteiger partial charge in [0.2, 0.25) is 0 Å². The van der Waals surface area contributed by atoms with Gasteiger partial charge in [0, 0.05) is 35.1 Å². The van der Waals surface area contributed by atoms with Gasteiger partial charge in [-0.15, -0.1) is 0 Å². The Bertz CT molecular complexity index is 1330. The van der Waals surface area contributed by atoms with Crippen LogP contribution in [-0.2, 0) is 10.0 Å². The molecule has 176 valence electrons. The van der Waals surface area contributed by atoms with Gasteiger partial charge in [-0.3, -0.25) is 9.52 Å². The summed E-state index contributed by atoms with van der Waals surface area (Å²) >= 11 is 0. The molecule has 0 saturated carbocycles. The summed E-state index contributed by atoms with van der Waals surface area (Å²) in [6, 6.07) is 16.2. The lowest BCUT2D eigenvalue weighted by Crippen LogP contribution is -2.19.